The van der Waals surface area contributed by atoms with E-state index in [1.165, 1.54) is 0 Å². The van der Waals surface area contributed by atoms with Crippen LogP contribution in [-0.4, -0.2) is 4.98 Å². The fourth-order valence-corrected chi connectivity index (χ4v) is 0.753. The van der Waals surface area contributed by atoms with E-state index in [0.717, 1.165) is 6.07 Å². The predicted octanol–water partition coefficient (Wildman–Crippen LogP) is 2.63. The van der Waals surface area contributed by atoms with Crippen molar-refractivity contribution in [2.24, 2.45) is 0 Å². The van der Waals surface area contributed by atoms with Gasteiger partial charge in [0.15, 0.2) is 0 Å². The molecule has 0 amide bonds. The molecule has 1 aromatic rings. The standard InChI is InChI=1S/C7H5F4N/c8-3-5-1-4(9)2-6(12-5)7(10)11/h1-2,7H,3H2. The molecule has 66 valence electrons. The van der Waals surface area contributed by atoms with Crippen LogP contribution < -0.4 is 0 Å². The molecule has 12 heavy (non-hydrogen) atoms. The average molecular weight is 179 g/mol. The number of halogens is 4. The van der Waals surface area contributed by atoms with Gasteiger partial charge in [0.05, 0.1) is 5.69 Å². The van der Waals surface area contributed by atoms with Crippen molar-refractivity contribution in [1.29, 1.82) is 0 Å². The first-order valence-corrected chi connectivity index (χ1v) is 3.14. The fraction of sp³-hybridized carbons (Fsp3) is 0.286. The SMILES string of the molecule is FCc1cc(F)cc(C(F)F)n1. The maximum absolute atomic E-state index is 12.4. The second-order valence-electron chi connectivity index (χ2n) is 2.14. The minimum Gasteiger partial charge on any atom is -0.249 e. The maximum atomic E-state index is 12.4. The predicted molar refractivity (Wildman–Crippen MR) is 34.0 cm³/mol. The summed E-state index contributed by atoms with van der Waals surface area (Å²) in [5, 5.41) is 0. The minimum atomic E-state index is -2.87. The summed E-state index contributed by atoms with van der Waals surface area (Å²) in [5.74, 6) is -0.895. The molecule has 0 atom stereocenters. The summed E-state index contributed by atoms with van der Waals surface area (Å²) in [6.07, 6.45) is -2.87. The van der Waals surface area contributed by atoms with E-state index in [1.807, 2.05) is 0 Å². The van der Waals surface area contributed by atoms with Crippen molar-refractivity contribution < 1.29 is 17.6 Å². The fourth-order valence-electron chi connectivity index (χ4n) is 0.753. The minimum absolute atomic E-state index is 0.315. The van der Waals surface area contributed by atoms with Crippen LogP contribution >= 0.6 is 0 Å². The Morgan fingerprint density at radius 3 is 2.50 bits per heavy atom. The highest BCUT2D eigenvalue weighted by Gasteiger charge is 2.11. The van der Waals surface area contributed by atoms with E-state index in [4.69, 9.17) is 0 Å². The molecule has 5 heteroatoms. The summed E-state index contributed by atoms with van der Waals surface area (Å²) < 4.78 is 48.1. The molecule has 0 N–H and O–H groups in total. The largest absolute Gasteiger partial charge is 0.280 e. The van der Waals surface area contributed by atoms with E-state index >= 15 is 0 Å². The first kappa shape index (κ1) is 8.96. The summed E-state index contributed by atoms with van der Waals surface area (Å²) in [7, 11) is 0. The Balaban J connectivity index is 3.06. The van der Waals surface area contributed by atoms with Crippen LogP contribution in [0.5, 0.6) is 0 Å². The molecule has 0 aliphatic heterocycles. The van der Waals surface area contributed by atoms with Crippen molar-refractivity contribution in [3.8, 4) is 0 Å². The molecule has 0 aliphatic rings. The van der Waals surface area contributed by atoms with Crippen LogP contribution in [0.25, 0.3) is 0 Å². The molecule has 0 aromatic carbocycles. The molecule has 1 heterocycles. The topological polar surface area (TPSA) is 12.9 Å². The van der Waals surface area contributed by atoms with E-state index in [0.29, 0.717) is 6.07 Å². The van der Waals surface area contributed by atoms with Crippen molar-refractivity contribution in [2.75, 3.05) is 0 Å². The number of aromatic nitrogens is 1. The molecule has 1 nitrogen and oxygen atoms in total. The van der Waals surface area contributed by atoms with Gasteiger partial charge < -0.3 is 0 Å². The van der Waals surface area contributed by atoms with Gasteiger partial charge in [0.1, 0.15) is 18.2 Å². The number of rotatable bonds is 2. The van der Waals surface area contributed by atoms with Crippen LogP contribution in [0.1, 0.15) is 17.8 Å². The van der Waals surface area contributed by atoms with E-state index in [9.17, 15) is 17.6 Å². The molecule has 0 radical (unpaired) electrons. The molecular weight excluding hydrogens is 174 g/mol. The lowest BCUT2D eigenvalue weighted by atomic mass is 10.3. The highest BCUT2D eigenvalue weighted by atomic mass is 19.3. The van der Waals surface area contributed by atoms with Crippen molar-refractivity contribution >= 4 is 0 Å². The molecule has 0 saturated heterocycles. The molecule has 0 unspecified atom stereocenters. The van der Waals surface area contributed by atoms with E-state index in [2.05, 4.69) is 4.98 Å². The molecular formula is C7H5F4N. The Labute approximate surface area is 66.0 Å². The van der Waals surface area contributed by atoms with Crippen LogP contribution in [0.4, 0.5) is 17.6 Å². The Morgan fingerprint density at radius 2 is 2.00 bits per heavy atom. The second-order valence-corrected chi connectivity index (χ2v) is 2.14. The van der Waals surface area contributed by atoms with Gasteiger partial charge in [-0.3, -0.25) is 0 Å². The zero-order chi connectivity index (χ0) is 9.14. The number of hydrogen-bond acceptors (Lipinski definition) is 1. The zero-order valence-electron chi connectivity index (χ0n) is 5.90. The summed E-state index contributed by atoms with van der Waals surface area (Å²) in [4.78, 5) is 3.19. The van der Waals surface area contributed by atoms with Crippen molar-refractivity contribution in [3.05, 3.63) is 29.3 Å². The van der Waals surface area contributed by atoms with Gasteiger partial charge in [-0.2, -0.15) is 0 Å². The van der Waals surface area contributed by atoms with E-state index < -0.39 is 24.6 Å². The molecule has 0 bridgehead atoms. The van der Waals surface area contributed by atoms with Gasteiger partial charge in [0.25, 0.3) is 6.43 Å². The second kappa shape index (κ2) is 3.51. The lowest BCUT2D eigenvalue weighted by Gasteiger charge is -2.00. The summed E-state index contributed by atoms with van der Waals surface area (Å²) in [6, 6.07) is 1.37. The molecule has 0 aliphatic carbocycles. The van der Waals surface area contributed by atoms with Crippen LogP contribution in [0, 0.1) is 5.82 Å². The van der Waals surface area contributed by atoms with Gasteiger partial charge >= 0.3 is 0 Å². The Morgan fingerprint density at radius 1 is 1.33 bits per heavy atom. The average Bonchev–Trinajstić information content (AvgIpc) is 2.03. The van der Waals surface area contributed by atoms with Gasteiger partial charge in [-0.15, -0.1) is 0 Å². The molecule has 1 rings (SSSR count). The third-order valence-electron chi connectivity index (χ3n) is 1.22. The van der Waals surface area contributed by atoms with Crippen LogP contribution in [0.15, 0.2) is 12.1 Å². The van der Waals surface area contributed by atoms with E-state index in [1.54, 1.807) is 0 Å². The van der Waals surface area contributed by atoms with Gasteiger partial charge in [0.2, 0.25) is 0 Å². The number of pyridine rings is 1. The van der Waals surface area contributed by atoms with Gasteiger partial charge in [-0.05, 0) is 6.07 Å². The van der Waals surface area contributed by atoms with E-state index in [-0.39, 0.29) is 5.69 Å². The maximum Gasteiger partial charge on any atom is 0.280 e. The number of nitrogens with zero attached hydrogens (tertiary/aromatic N) is 1. The molecule has 1 aromatic heterocycles. The lowest BCUT2D eigenvalue weighted by Crippen LogP contribution is -1.96. The first-order chi connectivity index (χ1) is 5.63. The van der Waals surface area contributed by atoms with Crippen LogP contribution in [0.3, 0.4) is 0 Å². The highest BCUT2D eigenvalue weighted by molar-refractivity contribution is 5.13. The summed E-state index contributed by atoms with van der Waals surface area (Å²) in [5.41, 5.74) is -1.05. The molecule has 0 spiro atoms. The summed E-state index contributed by atoms with van der Waals surface area (Å²) in [6.45, 7) is -1.04. The number of hydrogen-bond donors (Lipinski definition) is 0. The van der Waals surface area contributed by atoms with Gasteiger partial charge in [0, 0.05) is 6.07 Å². The third kappa shape index (κ3) is 1.93. The normalized spacial score (nSPS) is 10.8. The van der Waals surface area contributed by atoms with Crippen LogP contribution in [0.2, 0.25) is 0 Å². The molecule has 0 fully saturated rings. The number of alkyl halides is 3. The quantitative estimate of drug-likeness (QED) is 0.636. The van der Waals surface area contributed by atoms with Crippen molar-refractivity contribution in [2.45, 2.75) is 13.1 Å². The highest BCUT2D eigenvalue weighted by Crippen LogP contribution is 2.18. The zero-order valence-corrected chi connectivity index (χ0v) is 5.90. The van der Waals surface area contributed by atoms with Gasteiger partial charge in [-0.1, -0.05) is 0 Å². The molecule has 0 saturated carbocycles. The Kier molecular flexibility index (Phi) is 2.62. The Bertz CT molecular complexity index is 274. The van der Waals surface area contributed by atoms with Crippen molar-refractivity contribution in [1.82, 2.24) is 4.98 Å². The van der Waals surface area contributed by atoms with Crippen molar-refractivity contribution in [3.63, 3.8) is 0 Å². The first-order valence-electron chi connectivity index (χ1n) is 3.14. The van der Waals surface area contributed by atoms with Gasteiger partial charge in [-0.25, -0.2) is 22.5 Å². The third-order valence-corrected chi connectivity index (χ3v) is 1.22. The summed E-state index contributed by atoms with van der Waals surface area (Å²) >= 11 is 0. The van der Waals surface area contributed by atoms with Crippen LogP contribution in [-0.2, 0) is 6.67 Å². The Hall–Kier alpha value is -1.13. The monoisotopic (exact) mass is 179 g/mol. The lowest BCUT2D eigenvalue weighted by molar-refractivity contribution is 0.145. The smallest absolute Gasteiger partial charge is 0.249 e.